The maximum Gasteiger partial charge on any atom is 0.313 e. The van der Waals surface area contributed by atoms with Crippen LogP contribution in [0.4, 0.5) is 0 Å². The van der Waals surface area contributed by atoms with Gasteiger partial charge in [0.05, 0.1) is 23.0 Å². The van der Waals surface area contributed by atoms with Crippen molar-refractivity contribution in [3.63, 3.8) is 0 Å². The average Bonchev–Trinajstić information content (AvgIpc) is 3.05. The van der Waals surface area contributed by atoms with Crippen LogP contribution < -0.4 is 0 Å². The lowest BCUT2D eigenvalue weighted by molar-refractivity contribution is -0.133. The maximum atomic E-state index is 10.6. The van der Waals surface area contributed by atoms with Crippen LogP contribution in [-0.4, -0.2) is 52.1 Å². The molecule has 0 aliphatic heterocycles. The lowest BCUT2D eigenvalue weighted by Gasteiger charge is -2.11. The number of likely N-dealkylation sites (N-methyl/N-ethyl adjacent to an activating group) is 1. The summed E-state index contributed by atoms with van der Waals surface area (Å²) in [5.74, 6) is -0.0827. The highest BCUT2D eigenvalue weighted by Crippen LogP contribution is 2.40. The molecule has 0 bridgehead atoms. The Labute approximate surface area is 111 Å². The lowest BCUT2D eigenvalue weighted by Crippen LogP contribution is -2.19. The first-order valence-electron chi connectivity index (χ1n) is 6.13. The third-order valence-electron chi connectivity index (χ3n) is 2.86. The third kappa shape index (κ3) is 3.74. The van der Waals surface area contributed by atoms with E-state index in [0.717, 1.165) is 23.8 Å². The monoisotopic (exact) mass is 269 g/mol. The predicted octanol–water partition coefficient (Wildman–Crippen LogP) is 1.50. The van der Waals surface area contributed by atoms with Crippen molar-refractivity contribution in [1.29, 1.82) is 0 Å². The molecule has 1 fully saturated rings. The average molecular weight is 269 g/mol. The lowest BCUT2D eigenvalue weighted by atomic mass is 10.3. The highest BCUT2D eigenvalue weighted by molar-refractivity contribution is 7.99. The molecule has 1 aromatic rings. The number of hydrogen-bond acceptors (Lipinski definition) is 4. The molecule has 1 saturated carbocycles. The minimum Gasteiger partial charge on any atom is -0.481 e. The molecule has 100 valence electrons. The molecule has 0 aromatic carbocycles. The second-order valence-corrected chi connectivity index (χ2v) is 5.89. The van der Waals surface area contributed by atoms with E-state index in [1.54, 1.807) is 0 Å². The van der Waals surface area contributed by atoms with Crippen LogP contribution in [0.1, 0.15) is 24.5 Å². The molecule has 0 atom stereocenters. The minimum absolute atomic E-state index is 0.0950. The van der Waals surface area contributed by atoms with Gasteiger partial charge in [0.15, 0.2) is 0 Å². The second-order valence-electron chi connectivity index (χ2n) is 4.89. The number of nitrogens with zero attached hydrogens (tertiary/aromatic N) is 3. The van der Waals surface area contributed by atoms with Crippen LogP contribution >= 0.6 is 11.8 Å². The first kappa shape index (κ1) is 13.4. The van der Waals surface area contributed by atoms with E-state index in [9.17, 15) is 4.79 Å². The van der Waals surface area contributed by atoms with Crippen LogP contribution in [0.5, 0.6) is 0 Å². The van der Waals surface area contributed by atoms with Crippen molar-refractivity contribution in [3.8, 4) is 0 Å². The van der Waals surface area contributed by atoms with Crippen LogP contribution in [-0.2, 0) is 11.3 Å². The number of rotatable bonds is 7. The van der Waals surface area contributed by atoms with Gasteiger partial charge in [0.1, 0.15) is 0 Å². The van der Waals surface area contributed by atoms with Gasteiger partial charge < -0.3 is 10.0 Å². The Hall–Kier alpha value is -1.01. The van der Waals surface area contributed by atoms with E-state index >= 15 is 0 Å². The smallest absolute Gasteiger partial charge is 0.313 e. The van der Waals surface area contributed by atoms with Crippen molar-refractivity contribution in [2.75, 3.05) is 26.4 Å². The maximum absolute atomic E-state index is 10.6. The highest BCUT2D eigenvalue weighted by atomic mass is 32.2. The molecular formula is C12H19N3O2S. The molecule has 1 aliphatic carbocycles. The van der Waals surface area contributed by atoms with Crippen molar-refractivity contribution in [2.45, 2.75) is 30.3 Å². The van der Waals surface area contributed by atoms with E-state index in [0.29, 0.717) is 5.92 Å². The summed E-state index contributed by atoms with van der Waals surface area (Å²) in [5.41, 5.74) is 1.13. The Morgan fingerprint density at radius 1 is 1.61 bits per heavy atom. The second kappa shape index (κ2) is 5.75. The Bertz CT molecular complexity index is 427. The van der Waals surface area contributed by atoms with E-state index in [2.05, 4.69) is 16.1 Å². The van der Waals surface area contributed by atoms with Crippen molar-refractivity contribution in [3.05, 3.63) is 11.8 Å². The molecule has 6 heteroatoms. The Morgan fingerprint density at radius 3 is 2.89 bits per heavy atom. The predicted molar refractivity (Wildman–Crippen MR) is 71.1 cm³/mol. The third-order valence-corrected chi connectivity index (χ3v) is 3.88. The molecular weight excluding hydrogens is 250 g/mol. The molecule has 1 aromatic heterocycles. The molecule has 18 heavy (non-hydrogen) atoms. The molecule has 1 aliphatic rings. The van der Waals surface area contributed by atoms with E-state index in [-0.39, 0.29) is 5.75 Å². The topological polar surface area (TPSA) is 58.4 Å². The zero-order chi connectivity index (χ0) is 13.1. The SMILES string of the molecule is CN(C)CCn1nc(C2CC2)cc1SCC(=O)O. The van der Waals surface area contributed by atoms with E-state index in [1.165, 1.54) is 24.6 Å². The van der Waals surface area contributed by atoms with E-state index in [4.69, 9.17) is 5.11 Å². The summed E-state index contributed by atoms with van der Waals surface area (Å²) in [6, 6.07) is 2.06. The number of aliphatic carboxylic acids is 1. The number of thioether (sulfide) groups is 1. The van der Waals surface area contributed by atoms with E-state index < -0.39 is 5.97 Å². The molecule has 0 saturated heterocycles. The number of carboxylic acids is 1. The summed E-state index contributed by atoms with van der Waals surface area (Å²) >= 11 is 1.36. The number of hydrogen-bond donors (Lipinski definition) is 1. The molecule has 0 amide bonds. The first-order valence-corrected chi connectivity index (χ1v) is 7.12. The first-order chi connectivity index (χ1) is 8.56. The van der Waals surface area contributed by atoms with Crippen molar-refractivity contribution in [1.82, 2.24) is 14.7 Å². The van der Waals surface area contributed by atoms with Gasteiger partial charge in [0.2, 0.25) is 0 Å². The highest BCUT2D eigenvalue weighted by Gasteiger charge is 2.27. The normalized spacial score (nSPS) is 15.3. The Morgan fingerprint density at radius 2 is 2.33 bits per heavy atom. The van der Waals surface area contributed by atoms with Crippen LogP contribution in [0, 0.1) is 0 Å². The summed E-state index contributed by atoms with van der Waals surface area (Å²) in [6.45, 7) is 1.72. The van der Waals surface area contributed by atoms with Gasteiger partial charge in [-0.1, -0.05) is 11.8 Å². The van der Waals surface area contributed by atoms with Crippen molar-refractivity contribution in [2.24, 2.45) is 0 Å². The molecule has 1 heterocycles. The Kier molecular flexibility index (Phi) is 4.29. The molecule has 0 radical (unpaired) electrons. The molecule has 0 unspecified atom stereocenters. The van der Waals surface area contributed by atoms with Gasteiger partial charge in [0.25, 0.3) is 0 Å². The van der Waals surface area contributed by atoms with Crippen molar-refractivity contribution >= 4 is 17.7 Å². The summed E-state index contributed by atoms with van der Waals surface area (Å²) in [7, 11) is 4.05. The van der Waals surface area contributed by atoms with Gasteiger partial charge in [-0.2, -0.15) is 5.10 Å². The quantitative estimate of drug-likeness (QED) is 0.760. The van der Waals surface area contributed by atoms with E-state index in [1.807, 2.05) is 18.8 Å². The van der Waals surface area contributed by atoms with Gasteiger partial charge in [-0.15, -0.1) is 0 Å². The largest absolute Gasteiger partial charge is 0.481 e. The summed E-state index contributed by atoms with van der Waals surface area (Å²) in [4.78, 5) is 12.7. The zero-order valence-corrected chi connectivity index (χ0v) is 11.6. The Balaban J connectivity index is 2.05. The molecule has 2 rings (SSSR count). The summed E-state index contributed by atoms with van der Waals surface area (Å²) in [5, 5.41) is 14.3. The number of carbonyl (C=O) groups is 1. The molecule has 1 N–H and O–H groups in total. The minimum atomic E-state index is -0.784. The van der Waals surface area contributed by atoms with Crippen LogP contribution in [0.15, 0.2) is 11.1 Å². The van der Waals surface area contributed by atoms with Gasteiger partial charge in [-0.05, 0) is 33.0 Å². The van der Waals surface area contributed by atoms with Gasteiger partial charge >= 0.3 is 5.97 Å². The van der Waals surface area contributed by atoms with Crippen LogP contribution in [0.3, 0.4) is 0 Å². The fourth-order valence-corrected chi connectivity index (χ4v) is 2.46. The zero-order valence-electron chi connectivity index (χ0n) is 10.8. The molecule has 0 spiro atoms. The summed E-state index contributed by atoms with van der Waals surface area (Å²) in [6.07, 6.45) is 2.43. The fourth-order valence-electron chi connectivity index (χ4n) is 1.70. The number of carboxylic acid groups (broad SMARTS) is 1. The van der Waals surface area contributed by atoms with Gasteiger partial charge in [-0.3, -0.25) is 9.48 Å². The summed E-state index contributed by atoms with van der Waals surface area (Å²) < 4.78 is 1.95. The van der Waals surface area contributed by atoms with Crippen LogP contribution in [0.2, 0.25) is 0 Å². The number of aromatic nitrogens is 2. The van der Waals surface area contributed by atoms with Gasteiger partial charge in [-0.25, -0.2) is 0 Å². The standard InChI is InChI=1S/C12H19N3O2S/c1-14(2)5-6-15-11(18-8-12(16)17)7-10(13-15)9-3-4-9/h7,9H,3-6,8H2,1-2H3,(H,16,17). The van der Waals surface area contributed by atoms with Gasteiger partial charge in [0, 0.05) is 12.5 Å². The molecule has 5 nitrogen and oxygen atoms in total. The van der Waals surface area contributed by atoms with Crippen molar-refractivity contribution < 1.29 is 9.90 Å². The van der Waals surface area contributed by atoms with Crippen LogP contribution in [0.25, 0.3) is 0 Å². The fraction of sp³-hybridized carbons (Fsp3) is 0.667.